The monoisotopic (exact) mass is 364 g/mol. The van der Waals surface area contributed by atoms with Gasteiger partial charge in [-0.3, -0.25) is 0 Å². The Bertz CT molecular complexity index is 676. The van der Waals surface area contributed by atoms with Crippen LogP contribution in [0.4, 0.5) is 0 Å². The molecule has 0 fully saturated rings. The normalized spacial score (nSPS) is 11.5. The molecule has 0 radical (unpaired) electrons. The van der Waals surface area contributed by atoms with Gasteiger partial charge in [0.05, 0.1) is 0 Å². The van der Waals surface area contributed by atoms with E-state index in [0.717, 1.165) is 13.2 Å². The molecule has 23 heavy (non-hydrogen) atoms. The van der Waals surface area contributed by atoms with Crippen LogP contribution in [0.2, 0.25) is 0 Å². The van der Waals surface area contributed by atoms with Crippen LogP contribution < -0.4 is 13.2 Å². The van der Waals surface area contributed by atoms with Gasteiger partial charge in [0.25, 0.3) is 0 Å². The van der Waals surface area contributed by atoms with E-state index in [1.165, 1.54) is 16.7 Å². The van der Waals surface area contributed by atoms with Gasteiger partial charge in [-0.1, -0.05) is 0 Å². The quantitative estimate of drug-likeness (QED) is 0.710. The molecule has 3 rings (SSSR count). The maximum absolute atomic E-state index is 11.9. The second-order valence-electron chi connectivity index (χ2n) is 6.31. The molecule has 116 valence electrons. The molecule has 0 aliphatic heterocycles. The molecule has 0 aromatic heterocycles. The first-order valence-electron chi connectivity index (χ1n) is 7.94. The van der Waals surface area contributed by atoms with Crippen LogP contribution in [-0.4, -0.2) is 17.7 Å². The van der Waals surface area contributed by atoms with Gasteiger partial charge in [-0.2, -0.15) is 0 Å². The first-order chi connectivity index (χ1) is 11.0. The van der Waals surface area contributed by atoms with E-state index >= 15 is 0 Å². The van der Waals surface area contributed by atoms with Crippen molar-refractivity contribution in [2.75, 3.05) is 0 Å². The van der Waals surface area contributed by atoms with Gasteiger partial charge in [0.2, 0.25) is 0 Å². The predicted molar refractivity (Wildman–Crippen MR) is 100 cm³/mol. The average Bonchev–Trinajstić information content (AvgIpc) is 2.56. The summed E-state index contributed by atoms with van der Waals surface area (Å²) in [5, 5.41) is 0. The van der Waals surface area contributed by atoms with Crippen LogP contribution in [0.15, 0.2) is 72.8 Å². The van der Waals surface area contributed by atoms with E-state index in [1.54, 1.807) is 0 Å². The fourth-order valence-corrected chi connectivity index (χ4v) is 9.07. The van der Waals surface area contributed by atoms with E-state index in [1.807, 2.05) is 0 Å². The summed E-state index contributed by atoms with van der Waals surface area (Å²) in [5.41, 5.74) is 3.64. The molecular weight excluding hydrogens is 341 g/mol. The summed E-state index contributed by atoms with van der Waals surface area (Å²) in [4.78, 5) is 0. The minimum absolute atomic E-state index is 1.07. The van der Waals surface area contributed by atoms with Crippen LogP contribution in [0.25, 0.3) is 0 Å². The third-order valence-electron chi connectivity index (χ3n) is 4.41. The Morgan fingerprint density at radius 1 is 0.478 bits per heavy atom. The van der Waals surface area contributed by atoms with Gasteiger partial charge < -0.3 is 0 Å². The van der Waals surface area contributed by atoms with Crippen molar-refractivity contribution in [2.24, 2.45) is 0 Å². The molecule has 0 atom stereocenters. The fraction of sp³-hybridized carbons (Fsp3) is 0.143. The van der Waals surface area contributed by atoms with E-state index in [2.05, 4.69) is 93.6 Å². The van der Waals surface area contributed by atoms with Crippen LogP contribution in [0.5, 0.6) is 0 Å². The topological polar surface area (TPSA) is 20.2 Å². The molecule has 0 unspecified atom stereocenters. The van der Waals surface area contributed by atoms with E-state index in [9.17, 15) is 4.13 Å². The Labute approximate surface area is 141 Å². The molecule has 0 saturated carbocycles. The van der Waals surface area contributed by atoms with Crippen LogP contribution >= 0.6 is 0 Å². The van der Waals surface area contributed by atoms with Gasteiger partial charge >= 0.3 is 141 Å². The van der Waals surface area contributed by atoms with E-state index in [0.29, 0.717) is 0 Å². The van der Waals surface area contributed by atoms with E-state index in [-0.39, 0.29) is 0 Å². The summed E-state index contributed by atoms with van der Waals surface area (Å²) in [6.07, 6.45) is 0. The molecule has 0 amide bonds. The fourth-order valence-electron chi connectivity index (χ4n) is 2.88. The number of hydrogen-bond donors (Lipinski definition) is 1. The standard InChI is InChI=1S/C21H22GeO/c1-16-4-10-19(11-5-16)22(23,20-12-6-17(2)7-13-20)21-14-8-18(3)9-15-21/h4-15,23H,1-3H3. The molecule has 0 bridgehead atoms. The second-order valence-corrected chi connectivity index (χ2v) is 12.9. The molecule has 2 heteroatoms. The number of benzene rings is 3. The molecule has 1 N–H and O–H groups in total. The van der Waals surface area contributed by atoms with Crippen LogP contribution in [0.3, 0.4) is 0 Å². The molecule has 0 spiro atoms. The summed E-state index contributed by atoms with van der Waals surface area (Å²) in [5.74, 6) is 0. The number of hydrogen-bond acceptors (Lipinski definition) is 1. The van der Waals surface area contributed by atoms with Gasteiger partial charge in [0.15, 0.2) is 0 Å². The van der Waals surface area contributed by atoms with Crippen LogP contribution in [0.1, 0.15) is 16.7 Å². The Morgan fingerprint density at radius 3 is 0.913 bits per heavy atom. The Hall–Kier alpha value is -1.84. The molecular formula is C21H22GeO. The Kier molecular flexibility index (Phi) is 4.42. The van der Waals surface area contributed by atoms with Crippen molar-refractivity contribution in [1.82, 2.24) is 0 Å². The zero-order chi connectivity index (χ0) is 16.4. The molecule has 0 saturated heterocycles. The van der Waals surface area contributed by atoms with Gasteiger partial charge in [-0.15, -0.1) is 0 Å². The van der Waals surface area contributed by atoms with Crippen molar-refractivity contribution in [2.45, 2.75) is 20.8 Å². The molecule has 3 aromatic rings. The predicted octanol–water partition coefficient (Wildman–Crippen LogP) is 2.57. The second kappa shape index (κ2) is 6.34. The van der Waals surface area contributed by atoms with E-state index in [4.69, 9.17) is 0 Å². The first-order valence-corrected chi connectivity index (χ1v) is 12.0. The summed E-state index contributed by atoms with van der Waals surface area (Å²) < 4.78 is 15.1. The van der Waals surface area contributed by atoms with Crippen molar-refractivity contribution in [3.63, 3.8) is 0 Å². The van der Waals surface area contributed by atoms with Crippen molar-refractivity contribution in [3.05, 3.63) is 89.5 Å². The minimum atomic E-state index is -3.58. The van der Waals surface area contributed by atoms with E-state index < -0.39 is 13.6 Å². The first kappa shape index (κ1) is 16.0. The van der Waals surface area contributed by atoms with Crippen molar-refractivity contribution < 1.29 is 4.13 Å². The molecule has 1 nitrogen and oxygen atoms in total. The van der Waals surface area contributed by atoms with Crippen LogP contribution in [0, 0.1) is 20.8 Å². The number of aryl methyl sites for hydroxylation is 3. The summed E-state index contributed by atoms with van der Waals surface area (Å²) in [6.45, 7) is 6.23. The van der Waals surface area contributed by atoms with Crippen molar-refractivity contribution >= 4 is 26.8 Å². The SMILES string of the molecule is Cc1cc[c]([Ge]([OH])([c]2ccc(C)cc2)[c]2ccc(C)cc2)cc1. The van der Waals surface area contributed by atoms with Gasteiger partial charge in [-0.25, -0.2) is 0 Å². The summed E-state index contributed by atoms with van der Waals surface area (Å²) in [6, 6.07) is 25.1. The van der Waals surface area contributed by atoms with Gasteiger partial charge in [0, 0.05) is 0 Å². The van der Waals surface area contributed by atoms with Gasteiger partial charge in [-0.05, 0) is 0 Å². The number of rotatable bonds is 3. The summed E-state index contributed by atoms with van der Waals surface area (Å²) in [7, 11) is 0. The Balaban J connectivity index is 2.21. The third kappa shape index (κ3) is 3.12. The molecule has 0 aliphatic carbocycles. The van der Waals surface area contributed by atoms with Gasteiger partial charge in [0.1, 0.15) is 0 Å². The van der Waals surface area contributed by atoms with Crippen LogP contribution in [-0.2, 0) is 0 Å². The molecule has 3 aromatic carbocycles. The zero-order valence-electron chi connectivity index (χ0n) is 13.9. The average molecular weight is 363 g/mol. The Morgan fingerprint density at radius 2 is 0.696 bits per heavy atom. The molecule has 0 aliphatic rings. The molecule has 0 heterocycles. The summed E-state index contributed by atoms with van der Waals surface area (Å²) >= 11 is -3.58. The zero-order valence-corrected chi connectivity index (χ0v) is 16.0. The maximum atomic E-state index is 11.9. The van der Waals surface area contributed by atoms with Crippen molar-refractivity contribution in [1.29, 1.82) is 0 Å². The third-order valence-corrected chi connectivity index (χ3v) is 11.8. The van der Waals surface area contributed by atoms with Crippen molar-refractivity contribution in [3.8, 4) is 0 Å².